The van der Waals surface area contributed by atoms with Crippen molar-refractivity contribution in [2.24, 2.45) is 0 Å². The second kappa shape index (κ2) is 1.85. The van der Waals surface area contributed by atoms with E-state index in [1.807, 2.05) is 11.9 Å². The lowest BCUT2D eigenvalue weighted by Crippen LogP contribution is -1.77. The minimum absolute atomic E-state index is 1.24. The summed E-state index contributed by atoms with van der Waals surface area (Å²) < 4.78 is 2.35. The SMILES string of the molecule is CCSN1CC1. The van der Waals surface area contributed by atoms with Gasteiger partial charge in [-0.2, -0.15) is 0 Å². The quantitative estimate of drug-likeness (QED) is 0.378. The third kappa shape index (κ3) is 1.19. The van der Waals surface area contributed by atoms with Gasteiger partial charge in [-0.15, -0.1) is 0 Å². The van der Waals surface area contributed by atoms with Crippen LogP contribution in [0.3, 0.4) is 0 Å². The van der Waals surface area contributed by atoms with Crippen LogP contribution in [0.15, 0.2) is 0 Å². The van der Waals surface area contributed by atoms with E-state index in [0.717, 1.165) is 0 Å². The van der Waals surface area contributed by atoms with Crippen molar-refractivity contribution in [2.75, 3.05) is 18.8 Å². The van der Waals surface area contributed by atoms with Crippen molar-refractivity contribution >= 4 is 11.9 Å². The number of hydrogen-bond donors (Lipinski definition) is 0. The Morgan fingerprint density at radius 1 is 1.67 bits per heavy atom. The van der Waals surface area contributed by atoms with Crippen LogP contribution in [0, 0.1) is 0 Å². The average molecular weight is 103 g/mol. The van der Waals surface area contributed by atoms with Crippen molar-refractivity contribution in [1.29, 1.82) is 0 Å². The smallest absolute Gasteiger partial charge is 0.0227 e. The normalized spacial score (nSPS) is 21.5. The molecule has 0 unspecified atom stereocenters. The molecule has 0 aromatic heterocycles. The van der Waals surface area contributed by atoms with Crippen LogP contribution in [-0.4, -0.2) is 23.1 Å². The van der Waals surface area contributed by atoms with Gasteiger partial charge in [-0.1, -0.05) is 18.9 Å². The molecule has 0 amide bonds. The second-order valence-corrected chi connectivity index (χ2v) is 2.70. The predicted molar refractivity (Wildman–Crippen MR) is 29.7 cm³/mol. The van der Waals surface area contributed by atoms with E-state index in [4.69, 9.17) is 0 Å². The molecule has 0 atom stereocenters. The minimum atomic E-state index is 1.24. The lowest BCUT2D eigenvalue weighted by atomic mass is 11.0. The van der Waals surface area contributed by atoms with Gasteiger partial charge in [0.15, 0.2) is 0 Å². The standard InChI is InChI=1S/C4H9NS/c1-2-6-5-3-4-5/h2-4H2,1H3. The monoisotopic (exact) mass is 103 g/mol. The molecule has 1 rings (SSSR count). The summed E-state index contributed by atoms with van der Waals surface area (Å²) in [5.74, 6) is 1.24. The molecule has 0 radical (unpaired) electrons. The van der Waals surface area contributed by atoms with E-state index in [9.17, 15) is 0 Å². The molecular formula is C4H9NS. The topological polar surface area (TPSA) is 3.01 Å². The van der Waals surface area contributed by atoms with Crippen LogP contribution in [0.2, 0.25) is 0 Å². The van der Waals surface area contributed by atoms with Gasteiger partial charge in [0, 0.05) is 18.8 Å². The highest BCUT2D eigenvalue weighted by Gasteiger charge is 2.15. The fourth-order valence-corrected chi connectivity index (χ4v) is 1.06. The van der Waals surface area contributed by atoms with E-state index in [2.05, 4.69) is 11.2 Å². The zero-order valence-corrected chi connectivity index (χ0v) is 4.79. The van der Waals surface area contributed by atoms with Crippen LogP contribution >= 0.6 is 11.9 Å². The van der Waals surface area contributed by atoms with Gasteiger partial charge < -0.3 is 0 Å². The zero-order chi connectivity index (χ0) is 4.41. The molecule has 1 aliphatic rings. The van der Waals surface area contributed by atoms with E-state index in [0.29, 0.717) is 0 Å². The van der Waals surface area contributed by atoms with Gasteiger partial charge in [0.2, 0.25) is 0 Å². The summed E-state index contributed by atoms with van der Waals surface area (Å²) in [7, 11) is 0. The minimum Gasteiger partial charge on any atom is -0.248 e. The van der Waals surface area contributed by atoms with Crippen LogP contribution in [0.25, 0.3) is 0 Å². The fraction of sp³-hybridized carbons (Fsp3) is 1.00. The molecule has 2 heteroatoms. The first-order valence-electron chi connectivity index (χ1n) is 2.31. The van der Waals surface area contributed by atoms with E-state index in [1.54, 1.807) is 0 Å². The molecule has 0 aromatic carbocycles. The Kier molecular flexibility index (Phi) is 1.37. The molecule has 1 fully saturated rings. The summed E-state index contributed by atoms with van der Waals surface area (Å²) in [5.41, 5.74) is 0. The van der Waals surface area contributed by atoms with E-state index in [-0.39, 0.29) is 0 Å². The summed E-state index contributed by atoms with van der Waals surface area (Å²) in [4.78, 5) is 0. The van der Waals surface area contributed by atoms with E-state index >= 15 is 0 Å². The van der Waals surface area contributed by atoms with Crippen molar-refractivity contribution in [3.05, 3.63) is 0 Å². The maximum Gasteiger partial charge on any atom is 0.0227 e. The number of rotatable bonds is 2. The molecule has 1 heterocycles. The molecule has 36 valence electrons. The fourth-order valence-electron chi connectivity index (χ4n) is 0.352. The highest BCUT2D eigenvalue weighted by molar-refractivity contribution is 7.97. The van der Waals surface area contributed by atoms with Gasteiger partial charge in [-0.25, -0.2) is 4.31 Å². The number of nitrogens with zero attached hydrogens (tertiary/aromatic N) is 1. The van der Waals surface area contributed by atoms with Gasteiger partial charge in [-0.05, 0) is 0 Å². The lowest BCUT2D eigenvalue weighted by molar-refractivity contribution is 0.952. The molecule has 1 nitrogen and oxygen atoms in total. The second-order valence-electron chi connectivity index (χ2n) is 1.35. The molecule has 6 heavy (non-hydrogen) atoms. The van der Waals surface area contributed by atoms with Crippen molar-refractivity contribution in [3.8, 4) is 0 Å². The van der Waals surface area contributed by atoms with Gasteiger partial charge in [0.05, 0.1) is 0 Å². The molecule has 0 spiro atoms. The summed E-state index contributed by atoms with van der Waals surface area (Å²) >= 11 is 1.93. The van der Waals surface area contributed by atoms with Crippen molar-refractivity contribution in [2.45, 2.75) is 6.92 Å². The van der Waals surface area contributed by atoms with Gasteiger partial charge in [-0.3, -0.25) is 0 Å². The van der Waals surface area contributed by atoms with Crippen molar-refractivity contribution in [3.63, 3.8) is 0 Å². The van der Waals surface area contributed by atoms with Crippen LogP contribution in [-0.2, 0) is 0 Å². The molecule has 0 bridgehead atoms. The largest absolute Gasteiger partial charge is 0.248 e. The highest BCUT2D eigenvalue weighted by atomic mass is 32.2. The van der Waals surface area contributed by atoms with E-state index in [1.165, 1.54) is 18.8 Å². The Balaban J connectivity index is 1.88. The van der Waals surface area contributed by atoms with Crippen LogP contribution in [0.1, 0.15) is 6.92 Å². The first kappa shape index (κ1) is 4.47. The Hall–Kier alpha value is 0.310. The third-order valence-corrected chi connectivity index (χ3v) is 1.71. The zero-order valence-electron chi connectivity index (χ0n) is 3.98. The van der Waals surface area contributed by atoms with Crippen LogP contribution < -0.4 is 0 Å². The Bertz CT molecular complexity index is 42.8. The molecule has 0 aliphatic carbocycles. The lowest BCUT2D eigenvalue weighted by Gasteiger charge is -1.88. The summed E-state index contributed by atoms with van der Waals surface area (Å²) in [6.07, 6.45) is 0. The first-order chi connectivity index (χ1) is 2.93. The maximum absolute atomic E-state index is 2.35. The molecule has 0 saturated carbocycles. The Morgan fingerprint density at radius 3 is 2.50 bits per heavy atom. The van der Waals surface area contributed by atoms with Gasteiger partial charge in [0.1, 0.15) is 0 Å². The van der Waals surface area contributed by atoms with Gasteiger partial charge >= 0.3 is 0 Å². The van der Waals surface area contributed by atoms with E-state index < -0.39 is 0 Å². The summed E-state index contributed by atoms with van der Waals surface area (Å²) in [6, 6.07) is 0. The van der Waals surface area contributed by atoms with Gasteiger partial charge in [0.25, 0.3) is 0 Å². The summed E-state index contributed by atoms with van der Waals surface area (Å²) in [5, 5.41) is 0. The first-order valence-corrected chi connectivity index (χ1v) is 3.25. The molecular weight excluding hydrogens is 94.1 g/mol. The summed E-state index contributed by atoms with van der Waals surface area (Å²) in [6.45, 7) is 4.82. The van der Waals surface area contributed by atoms with Crippen LogP contribution in [0.5, 0.6) is 0 Å². The maximum atomic E-state index is 2.35. The highest BCUT2D eigenvalue weighted by Crippen LogP contribution is 2.17. The Labute approximate surface area is 42.8 Å². The molecule has 1 saturated heterocycles. The number of hydrogen-bond acceptors (Lipinski definition) is 2. The average Bonchev–Trinajstić information content (AvgIpc) is 2.21. The van der Waals surface area contributed by atoms with Crippen LogP contribution in [0.4, 0.5) is 0 Å². The molecule has 0 aromatic rings. The predicted octanol–water partition coefficient (Wildman–Crippen LogP) is 0.970. The van der Waals surface area contributed by atoms with Crippen molar-refractivity contribution in [1.82, 2.24) is 4.31 Å². The van der Waals surface area contributed by atoms with Crippen molar-refractivity contribution < 1.29 is 0 Å². The third-order valence-electron chi connectivity index (χ3n) is 0.718. The molecule has 0 N–H and O–H groups in total. The Morgan fingerprint density at radius 2 is 2.33 bits per heavy atom. The molecule has 1 aliphatic heterocycles.